The molecule has 31 heavy (non-hydrogen) atoms. The lowest BCUT2D eigenvalue weighted by Crippen LogP contribution is -2.54. The van der Waals surface area contributed by atoms with Gasteiger partial charge in [0.25, 0.3) is 11.8 Å². The second-order valence-corrected chi connectivity index (χ2v) is 7.49. The van der Waals surface area contributed by atoms with Gasteiger partial charge in [0.2, 0.25) is 5.91 Å². The predicted molar refractivity (Wildman–Crippen MR) is 108 cm³/mol. The van der Waals surface area contributed by atoms with Gasteiger partial charge in [-0.2, -0.15) is 0 Å². The fourth-order valence-corrected chi connectivity index (χ4v) is 3.68. The first-order valence-corrected chi connectivity index (χ1v) is 9.91. The molecule has 1 fully saturated rings. The normalized spacial score (nSPS) is 15.7. The molecule has 0 N–H and O–H groups in total. The molecular formula is C22H19N5O4. The predicted octanol–water partition coefficient (Wildman–Crippen LogP) is 1.54. The van der Waals surface area contributed by atoms with Gasteiger partial charge in [-0.1, -0.05) is 35.5 Å². The lowest BCUT2D eigenvalue weighted by atomic mass is 10.1. The molecule has 0 bridgehead atoms. The number of carbonyl (C=O) groups is 3. The summed E-state index contributed by atoms with van der Waals surface area (Å²) in [6.07, 6.45) is 1.81. The zero-order valence-corrected chi connectivity index (χ0v) is 16.5. The Balaban J connectivity index is 1.14. The summed E-state index contributed by atoms with van der Waals surface area (Å²) in [5.41, 5.74) is 1.38. The van der Waals surface area contributed by atoms with Crippen molar-refractivity contribution in [2.75, 3.05) is 19.6 Å². The minimum Gasteiger partial charge on any atom is -0.487 e. The fourth-order valence-electron chi connectivity index (χ4n) is 3.68. The van der Waals surface area contributed by atoms with Crippen LogP contribution in [-0.2, 0) is 11.4 Å². The van der Waals surface area contributed by atoms with Crippen LogP contribution in [0.25, 0.3) is 0 Å². The molecule has 0 saturated carbocycles. The number of rotatable bonds is 6. The molecule has 0 spiro atoms. The third kappa shape index (κ3) is 3.54. The number of fused-ring (bicyclic) bond motifs is 1. The van der Waals surface area contributed by atoms with Crippen molar-refractivity contribution in [3.63, 3.8) is 0 Å². The number of likely N-dealkylation sites (tertiary alicyclic amines) is 1. The zero-order chi connectivity index (χ0) is 21.4. The van der Waals surface area contributed by atoms with E-state index in [1.807, 2.05) is 30.3 Å². The van der Waals surface area contributed by atoms with E-state index in [0.717, 1.165) is 10.6 Å². The Morgan fingerprint density at radius 1 is 0.968 bits per heavy atom. The minimum absolute atomic E-state index is 0.00380. The average molecular weight is 417 g/mol. The van der Waals surface area contributed by atoms with E-state index in [1.54, 1.807) is 40.0 Å². The quantitative estimate of drug-likeness (QED) is 0.565. The molecule has 9 heteroatoms. The molecule has 1 aromatic heterocycles. The molecule has 2 aromatic carbocycles. The van der Waals surface area contributed by atoms with Crippen LogP contribution in [0.5, 0.6) is 5.75 Å². The SMILES string of the molecule is O=C(CN1C(=O)c2ccccc2C1=O)N1CC(n2cc(COc3ccccc3)nn2)C1. The molecule has 2 aliphatic rings. The molecule has 5 rings (SSSR count). The van der Waals surface area contributed by atoms with Crippen molar-refractivity contribution in [2.45, 2.75) is 12.6 Å². The van der Waals surface area contributed by atoms with Crippen molar-refractivity contribution in [3.8, 4) is 5.75 Å². The number of amides is 3. The summed E-state index contributed by atoms with van der Waals surface area (Å²) >= 11 is 0. The lowest BCUT2D eigenvalue weighted by molar-refractivity contribution is -0.137. The molecule has 1 saturated heterocycles. The average Bonchev–Trinajstić information content (AvgIpc) is 3.31. The van der Waals surface area contributed by atoms with Crippen LogP contribution in [-0.4, -0.2) is 62.1 Å². The Labute approximate surface area is 177 Å². The number of hydrogen-bond acceptors (Lipinski definition) is 6. The first-order chi connectivity index (χ1) is 15.1. The second kappa shape index (κ2) is 7.67. The summed E-state index contributed by atoms with van der Waals surface area (Å²) in [7, 11) is 0. The Bertz CT molecular complexity index is 1120. The van der Waals surface area contributed by atoms with Crippen LogP contribution in [0.3, 0.4) is 0 Å². The smallest absolute Gasteiger partial charge is 0.262 e. The van der Waals surface area contributed by atoms with Crippen LogP contribution in [0.15, 0.2) is 60.8 Å². The van der Waals surface area contributed by atoms with Gasteiger partial charge in [0.15, 0.2) is 0 Å². The highest BCUT2D eigenvalue weighted by atomic mass is 16.5. The topological polar surface area (TPSA) is 97.6 Å². The van der Waals surface area contributed by atoms with Crippen LogP contribution in [0, 0.1) is 0 Å². The third-order valence-corrected chi connectivity index (χ3v) is 5.45. The van der Waals surface area contributed by atoms with Crippen LogP contribution in [0.2, 0.25) is 0 Å². The Morgan fingerprint density at radius 3 is 2.29 bits per heavy atom. The van der Waals surface area contributed by atoms with E-state index in [1.165, 1.54) is 0 Å². The van der Waals surface area contributed by atoms with Gasteiger partial charge in [0.1, 0.15) is 24.6 Å². The maximum absolute atomic E-state index is 12.6. The molecule has 0 atom stereocenters. The summed E-state index contributed by atoms with van der Waals surface area (Å²) in [6, 6.07) is 16.1. The van der Waals surface area contributed by atoms with Gasteiger partial charge in [-0.3, -0.25) is 19.3 Å². The van der Waals surface area contributed by atoms with E-state index >= 15 is 0 Å². The van der Waals surface area contributed by atoms with Gasteiger partial charge in [0.05, 0.1) is 23.4 Å². The van der Waals surface area contributed by atoms with E-state index in [0.29, 0.717) is 36.5 Å². The van der Waals surface area contributed by atoms with E-state index in [-0.39, 0.29) is 18.5 Å². The van der Waals surface area contributed by atoms with E-state index in [4.69, 9.17) is 4.74 Å². The maximum Gasteiger partial charge on any atom is 0.262 e. The summed E-state index contributed by atoms with van der Waals surface area (Å²) in [5, 5.41) is 8.25. The van der Waals surface area contributed by atoms with Crippen LogP contribution in [0.1, 0.15) is 32.5 Å². The van der Waals surface area contributed by atoms with E-state index in [2.05, 4.69) is 10.3 Å². The minimum atomic E-state index is -0.426. The number of imide groups is 1. The number of aromatic nitrogens is 3. The molecule has 3 amide bonds. The number of carbonyl (C=O) groups excluding carboxylic acids is 3. The van der Waals surface area contributed by atoms with Crippen LogP contribution < -0.4 is 4.74 Å². The highest BCUT2D eigenvalue weighted by molar-refractivity contribution is 6.22. The largest absolute Gasteiger partial charge is 0.487 e. The van der Waals surface area contributed by atoms with Crippen molar-refractivity contribution in [3.05, 3.63) is 77.6 Å². The number of ether oxygens (including phenoxy) is 1. The number of nitrogens with zero attached hydrogens (tertiary/aromatic N) is 5. The van der Waals surface area contributed by atoms with Gasteiger partial charge in [-0.05, 0) is 24.3 Å². The first-order valence-electron chi connectivity index (χ1n) is 9.91. The maximum atomic E-state index is 12.6. The van der Waals surface area contributed by atoms with E-state index in [9.17, 15) is 14.4 Å². The van der Waals surface area contributed by atoms with Gasteiger partial charge >= 0.3 is 0 Å². The molecule has 156 valence electrons. The zero-order valence-electron chi connectivity index (χ0n) is 16.5. The standard InChI is InChI=1S/C22H19N5O4/c28-20(13-26-21(29)18-8-4-5-9-19(18)22(26)30)25-11-16(12-25)27-10-15(23-24-27)14-31-17-6-2-1-3-7-17/h1-10,16H,11-14H2. The Hall–Kier alpha value is -4.01. The summed E-state index contributed by atoms with van der Waals surface area (Å²) in [6.45, 7) is 0.945. The molecule has 0 radical (unpaired) electrons. The van der Waals surface area contributed by atoms with Gasteiger partial charge in [-0.25, -0.2) is 4.68 Å². The Morgan fingerprint density at radius 2 is 1.61 bits per heavy atom. The Kier molecular flexibility index (Phi) is 4.70. The van der Waals surface area contributed by atoms with Crippen molar-refractivity contribution in [1.29, 1.82) is 0 Å². The number of para-hydroxylation sites is 1. The molecule has 2 aliphatic heterocycles. The second-order valence-electron chi connectivity index (χ2n) is 7.49. The molecule has 0 unspecified atom stereocenters. The fraction of sp³-hybridized carbons (Fsp3) is 0.227. The molecule has 9 nitrogen and oxygen atoms in total. The molecular weight excluding hydrogens is 398 g/mol. The highest BCUT2D eigenvalue weighted by Crippen LogP contribution is 2.25. The monoisotopic (exact) mass is 417 g/mol. The summed E-state index contributed by atoms with van der Waals surface area (Å²) in [4.78, 5) is 40.0. The van der Waals surface area contributed by atoms with Crippen molar-refractivity contribution < 1.29 is 19.1 Å². The molecule has 3 heterocycles. The number of benzene rings is 2. The highest BCUT2D eigenvalue weighted by Gasteiger charge is 2.39. The summed E-state index contributed by atoms with van der Waals surface area (Å²) < 4.78 is 7.39. The van der Waals surface area contributed by atoms with Gasteiger partial charge < -0.3 is 9.64 Å². The number of hydrogen-bond donors (Lipinski definition) is 0. The third-order valence-electron chi connectivity index (χ3n) is 5.45. The van der Waals surface area contributed by atoms with Gasteiger partial charge in [-0.15, -0.1) is 5.10 Å². The van der Waals surface area contributed by atoms with E-state index < -0.39 is 11.8 Å². The lowest BCUT2D eigenvalue weighted by Gasteiger charge is -2.39. The molecule has 3 aromatic rings. The summed E-state index contributed by atoms with van der Waals surface area (Å²) in [5.74, 6) is -0.361. The first kappa shape index (κ1) is 19.0. The van der Waals surface area contributed by atoms with Crippen molar-refractivity contribution in [2.24, 2.45) is 0 Å². The van der Waals surface area contributed by atoms with Gasteiger partial charge in [0, 0.05) is 13.1 Å². The van der Waals surface area contributed by atoms with Crippen molar-refractivity contribution in [1.82, 2.24) is 24.8 Å². The van der Waals surface area contributed by atoms with Crippen molar-refractivity contribution >= 4 is 17.7 Å². The van der Waals surface area contributed by atoms with Crippen LogP contribution in [0.4, 0.5) is 0 Å². The molecule has 0 aliphatic carbocycles. The van der Waals surface area contributed by atoms with Crippen LogP contribution >= 0.6 is 0 Å².